The molecule has 0 aliphatic heterocycles. The van der Waals surface area contributed by atoms with E-state index in [1.807, 2.05) is 0 Å². The van der Waals surface area contributed by atoms with Gasteiger partial charge in [-0.15, -0.1) is 29.1 Å². The first-order chi connectivity index (χ1) is 3.39. The van der Waals surface area contributed by atoms with Crippen LogP contribution in [0.3, 0.4) is 0 Å². The monoisotopic (exact) mass is 239 g/mol. The summed E-state index contributed by atoms with van der Waals surface area (Å²) in [5.74, 6) is -0.234. The van der Waals surface area contributed by atoms with Gasteiger partial charge >= 0.3 is 0 Å². The van der Waals surface area contributed by atoms with Gasteiger partial charge in [-0.05, 0) is 0 Å². The quantitative estimate of drug-likeness (QED) is 0.482. The largest absolute Gasteiger partial charge is 0.284 e. The minimum absolute atomic E-state index is 0. The summed E-state index contributed by atoms with van der Waals surface area (Å²) >= 11 is 0. The van der Waals surface area contributed by atoms with Crippen LogP contribution in [-0.4, -0.2) is 0 Å². The molecule has 0 fully saturated rings. The molecule has 0 aliphatic carbocycles. The number of hydrogen-bond acceptors (Lipinski definition) is 0. The van der Waals surface area contributed by atoms with E-state index in [4.69, 9.17) is 0 Å². The second-order valence-electron chi connectivity index (χ2n) is 1.22. The van der Waals surface area contributed by atoms with Crippen LogP contribution in [-0.2, 0) is 19.5 Å². The number of rotatable bonds is 0. The number of hydrogen-bond donors (Lipinski definition) is 0. The van der Waals surface area contributed by atoms with Crippen molar-refractivity contribution >= 4 is 17.0 Å². The van der Waals surface area contributed by atoms with Crippen LogP contribution in [0.2, 0.25) is 0 Å². The van der Waals surface area contributed by atoms with E-state index in [0.717, 1.165) is 0 Å². The van der Waals surface area contributed by atoms with E-state index < -0.39 is 0 Å². The molecule has 1 aromatic rings. The number of halogens is 2. The maximum absolute atomic E-state index is 11.9. The zero-order chi connectivity index (χ0) is 5.11. The molecule has 1 rings (SSSR count). The molecule has 0 aromatic heterocycles. The molecule has 0 aliphatic rings. The molecule has 0 unspecified atom stereocenters. The van der Waals surface area contributed by atoms with Crippen molar-refractivity contribution in [3.05, 3.63) is 36.1 Å². The van der Waals surface area contributed by atoms with Crippen molar-refractivity contribution in [2.45, 2.75) is 0 Å². The Morgan fingerprint density at radius 1 is 1.44 bits per heavy atom. The minimum Gasteiger partial charge on any atom is -0.284 e. The van der Waals surface area contributed by atoms with Gasteiger partial charge in [-0.25, -0.2) is 0 Å². The summed E-state index contributed by atoms with van der Waals surface area (Å²) in [4.78, 5) is 0. The van der Waals surface area contributed by atoms with Gasteiger partial charge in [0.15, 0.2) is 0 Å². The van der Waals surface area contributed by atoms with E-state index in [2.05, 4.69) is 6.07 Å². The molecule has 0 radical (unpaired) electrons. The van der Waals surface area contributed by atoms with Crippen LogP contribution in [0.4, 0.5) is 4.39 Å². The topological polar surface area (TPSA) is 0 Å². The van der Waals surface area contributed by atoms with Gasteiger partial charge < -0.3 is 0 Å². The van der Waals surface area contributed by atoms with Crippen molar-refractivity contribution in [3.63, 3.8) is 0 Å². The molecule has 0 heterocycles. The Hall–Kier alpha value is 0.253. The first-order valence-corrected chi connectivity index (χ1v) is 2.01. The summed E-state index contributed by atoms with van der Waals surface area (Å²) in [6.07, 6.45) is 0. The molecule has 0 nitrogen and oxygen atoms in total. The molecule has 9 heavy (non-hydrogen) atoms. The summed E-state index contributed by atoms with van der Waals surface area (Å²) < 4.78 is 11.9. The van der Waals surface area contributed by atoms with Gasteiger partial charge in [0, 0.05) is 25.3 Å². The van der Waals surface area contributed by atoms with Crippen LogP contribution < -0.4 is 0 Å². The molecule has 0 amide bonds. The van der Waals surface area contributed by atoms with E-state index >= 15 is 0 Å². The van der Waals surface area contributed by atoms with Gasteiger partial charge in [0.1, 0.15) is 0 Å². The third kappa shape index (κ3) is 4.74. The fraction of sp³-hybridized carbons (Fsp3) is 0. The molecule has 46 valence electrons. The standard InChI is InChI=1S/C6H4F.BrH.Zn/c7-6-4-2-1-3-5-6;;/h1-2,4-5H;1H;/q-1;;. The van der Waals surface area contributed by atoms with Crippen LogP contribution in [0, 0.1) is 11.9 Å². The Morgan fingerprint density at radius 2 is 2.11 bits per heavy atom. The van der Waals surface area contributed by atoms with Crippen molar-refractivity contribution in [1.29, 1.82) is 0 Å². The minimum atomic E-state index is -0.234. The Bertz CT molecular complexity index is 143. The van der Waals surface area contributed by atoms with Crippen LogP contribution in [0.5, 0.6) is 0 Å². The van der Waals surface area contributed by atoms with Crippen LogP contribution in [0.25, 0.3) is 0 Å². The zero-order valence-corrected chi connectivity index (χ0v) is 9.48. The Balaban J connectivity index is 0. The summed E-state index contributed by atoms with van der Waals surface area (Å²) in [6.45, 7) is 0. The number of benzene rings is 1. The fourth-order valence-corrected chi connectivity index (χ4v) is 0.371. The smallest absolute Gasteiger partial charge is 0.00871 e. The van der Waals surface area contributed by atoms with Crippen LogP contribution >= 0.6 is 17.0 Å². The van der Waals surface area contributed by atoms with E-state index in [-0.39, 0.29) is 42.3 Å². The second-order valence-corrected chi connectivity index (χ2v) is 1.22. The Morgan fingerprint density at radius 3 is 2.33 bits per heavy atom. The van der Waals surface area contributed by atoms with Crippen LogP contribution in [0.15, 0.2) is 24.3 Å². The molecule has 0 spiro atoms. The molecule has 0 saturated heterocycles. The summed E-state index contributed by atoms with van der Waals surface area (Å²) in [6, 6.07) is 8.53. The maximum Gasteiger partial charge on any atom is 0.00871 e. The molecule has 0 saturated carbocycles. The zero-order valence-electron chi connectivity index (χ0n) is 4.80. The molecule has 1 aromatic carbocycles. The van der Waals surface area contributed by atoms with Gasteiger partial charge in [0.25, 0.3) is 0 Å². The molecular weight excluding hydrogens is 236 g/mol. The van der Waals surface area contributed by atoms with Gasteiger partial charge in [-0.2, -0.15) is 18.2 Å². The van der Waals surface area contributed by atoms with Crippen molar-refractivity contribution < 1.29 is 23.9 Å². The van der Waals surface area contributed by atoms with Gasteiger partial charge in [0.05, 0.1) is 0 Å². The first kappa shape index (κ1) is 12.0. The Kier molecular flexibility index (Phi) is 8.49. The average molecular weight is 241 g/mol. The van der Waals surface area contributed by atoms with E-state index in [0.29, 0.717) is 0 Å². The van der Waals surface area contributed by atoms with Crippen molar-refractivity contribution in [2.75, 3.05) is 0 Å². The van der Waals surface area contributed by atoms with Crippen LogP contribution in [0.1, 0.15) is 0 Å². The fourth-order valence-electron chi connectivity index (χ4n) is 0.371. The molecular formula is C6H5BrFZn-. The molecule has 3 heteroatoms. The summed E-state index contributed by atoms with van der Waals surface area (Å²) in [5, 5.41) is 0. The second kappa shape index (κ2) is 6.37. The first-order valence-electron chi connectivity index (χ1n) is 2.01. The van der Waals surface area contributed by atoms with E-state index in [9.17, 15) is 4.39 Å². The summed E-state index contributed by atoms with van der Waals surface area (Å²) in [5.41, 5.74) is 0. The van der Waals surface area contributed by atoms with Crippen molar-refractivity contribution in [2.24, 2.45) is 0 Å². The molecule has 0 atom stereocenters. The molecule has 0 bridgehead atoms. The van der Waals surface area contributed by atoms with E-state index in [1.165, 1.54) is 12.1 Å². The SMILES string of the molecule is Br.Fc1c[c-]ccc1.[Zn]. The predicted molar refractivity (Wildman–Crippen MR) is 35.6 cm³/mol. The molecule has 0 N–H and O–H groups in total. The third-order valence-corrected chi connectivity index (χ3v) is 0.669. The normalized spacial score (nSPS) is 6.78. The van der Waals surface area contributed by atoms with Gasteiger partial charge in [-0.1, -0.05) is 0 Å². The van der Waals surface area contributed by atoms with Crippen molar-refractivity contribution in [1.82, 2.24) is 0 Å². The third-order valence-electron chi connectivity index (χ3n) is 0.669. The summed E-state index contributed by atoms with van der Waals surface area (Å²) in [7, 11) is 0. The van der Waals surface area contributed by atoms with Gasteiger partial charge in [-0.3, -0.25) is 4.39 Å². The Labute approximate surface area is 77.0 Å². The maximum atomic E-state index is 11.9. The average Bonchev–Trinajstić information content (AvgIpc) is 1.69. The van der Waals surface area contributed by atoms with E-state index in [1.54, 1.807) is 12.1 Å². The van der Waals surface area contributed by atoms with Gasteiger partial charge in [0.2, 0.25) is 0 Å². The van der Waals surface area contributed by atoms with Crippen molar-refractivity contribution in [3.8, 4) is 0 Å². The predicted octanol–water partition coefficient (Wildman–Crippen LogP) is 2.20.